The molecule has 2 atom stereocenters. The molecule has 0 saturated carbocycles. The molecule has 0 radical (unpaired) electrons. The van der Waals surface area contributed by atoms with Gasteiger partial charge in [0, 0.05) is 18.8 Å². The molecule has 1 amide bonds. The van der Waals surface area contributed by atoms with E-state index in [1.165, 1.54) is 0 Å². The van der Waals surface area contributed by atoms with Gasteiger partial charge in [0.15, 0.2) is 12.1 Å². The van der Waals surface area contributed by atoms with Crippen molar-refractivity contribution in [2.24, 2.45) is 11.7 Å². The molecule has 1 saturated heterocycles. The summed E-state index contributed by atoms with van der Waals surface area (Å²) in [6.07, 6.45) is 4.28. The summed E-state index contributed by atoms with van der Waals surface area (Å²) in [6.45, 7) is 2.59. The minimum Gasteiger partial charge on any atom is -0.369 e. The molecule has 1 aliphatic rings. The number of imidazole rings is 1. The number of carbonyl (C=O) groups excluding carboxylic acids is 2. The molecule has 21 heavy (non-hydrogen) atoms. The van der Waals surface area contributed by atoms with Crippen molar-refractivity contribution in [3.63, 3.8) is 0 Å². The number of anilines is 1. The predicted molar refractivity (Wildman–Crippen MR) is 79.3 cm³/mol. The van der Waals surface area contributed by atoms with Crippen molar-refractivity contribution in [3.8, 4) is 0 Å². The van der Waals surface area contributed by atoms with Crippen LogP contribution in [0.3, 0.4) is 0 Å². The zero-order valence-electron chi connectivity index (χ0n) is 11.9. The molecule has 1 fully saturated rings. The summed E-state index contributed by atoms with van der Waals surface area (Å²) >= 11 is 0. The minimum atomic E-state index is -0.289. The van der Waals surface area contributed by atoms with Crippen molar-refractivity contribution in [2.45, 2.75) is 25.8 Å². The summed E-state index contributed by atoms with van der Waals surface area (Å²) in [5.74, 6) is 0.156. The van der Waals surface area contributed by atoms with Crippen LogP contribution in [-0.2, 0) is 4.79 Å². The van der Waals surface area contributed by atoms with E-state index < -0.39 is 0 Å². The summed E-state index contributed by atoms with van der Waals surface area (Å²) < 4.78 is 1.77. The van der Waals surface area contributed by atoms with Crippen LogP contribution >= 0.6 is 0 Å². The van der Waals surface area contributed by atoms with Gasteiger partial charge in [0.05, 0.1) is 5.92 Å². The summed E-state index contributed by atoms with van der Waals surface area (Å²) in [6, 6.07) is 5.82. The number of nitrogens with two attached hydrogens (primary N) is 1. The number of hydrogen-bond acceptors (Lipinski definition) is 4. The number of piperidine rings is 1. The monoisotopic (exact) mass is 286 g/mol. The smallest absolute Gasteiger partial charge is 0.222 e. The Kier molecular flexibility index (Phi) is 3.37. The molecule has 6 nitrogen and oxygen atoms in total. The van der Waals surface area contributed by atoms with Gasteiger partial charge >= 0.3 is 0 Å². The lowest BCUT2D eigenvalue weighted by atomic mass is 9.93. The zero-order valence-corrected chi connectivity index (χ0v) is 11.9. The minimum absolute atomic E-state index is 0.189. The van der Waals surface area contributed by atoms with Crippen molar-refractivity contribution in [3.05, 3.63) is 30.1 Å². The maximum absolute atomic E-state index is 11.5. The number of rotatable bonds is 3. The van der Waals surface area contributed by atoms with E-state index in [9.17, 15) is 9.59 Å². The molecular weight excluding hydrogens is 268 g/mol. The summed E-state index contributed by atoms with van der Waals surface area (Å²) in [5, 5.41) is 0. The molecule has 2 aromatic rings. The molecule has 1 aliphatic heterocycles. The molecule has 0 spiro atoms. The first-order chi connectivity index (χ1) is 10.1. The number of primary amides is 1. The largest absolute Gasteiger partial charge is 0.369 e. The Balaban J connectivity index is 2.05. The zero-order chi connectivity index (χ0) is 15.0. The fraction of sp³-hybridized carbons (Fsp3) is 0.400. The molecule has 110 valence electrons. The van der Waals surface area contributed by atoms with Crippen molar-refractivity contribution in [2.75, 3.05) is 11.4 Å². The number of carbonyl (C=O) groups is 2. The van der Waals surface area contributed by atoms with E-state index in [1.54, 1.807) is 4.40 Å². The van der Waals surface area contributed by atoms with Gasteiger partial charge in [-0.2, -0.15) is 0 Å². The number of fused-ring (bicyclic) bond motifs is 1. The molecule has 0 bridgehead atoms. The Morgan fingerprint density at radius 3 is 2.95 bits per heavy atom. The number of aromatic nitrogens is 2. The molecule has 3 heterocycles. The second kappa shape index (κ2) is 5.20. The average molecular weight is 286 g/mol. The van der Waals surface area contributed by atoms with Gasteiger partial charge in [0.2, 0.25) is 5.91 Å². The first-order valence-electron chi connectivity index (χ1n) is 7.10. The van der Waals surface area contributed by atoms with Crippen LogP contribution < -0.4 is 10.6 Å². The van der Waals surface area contributed by atoms with Crippen molar-refractivity contribution in [1.29, 1.82) is 0 Å². The lowest BCUT2D eigenvalue weighted by Gasteiger charge is -2.37. The predicted octanol–water partition coefficient (Wildman–Crippen LogP) is 1.24. The van der Waals surface area contributed by atoms with Gasteiger partial charge in [-0.05, 0) is 31.9 Å². The topological polar surface area (TPSA) is 80.7 Å². The van der Waals surface area contributed by atoms with Gasteiger partial charge in [0.25, 0.3) is 0 Å². The van der Waals surface area contributed by atoms with Crippen molar-refractivity contribution in [1.82, 2.24) is 9.38 Å². The molecular formula is C15H18N4O2. The standard InChI is InChI=1S/C15H18N4O2/c1-10-5-6-11(14(16)21)8-19(10)15-12(9-20)18-7-3-2-4-13(18)17-15/h2-4,7,9-11H,5-6,8H2,1H3,(H2,16,21). The van der Waals surface area contributed by atoms with Crippen LogP contribution in [0, 0.1) is 5.92 Å². The highest BCUT2D eigenvalue weighted by Crippen LogP contribution is 2.29. The van der Waals surface area contributed by atoms with Crippen molar-refractivity contribution >= 4 is 23.7 Å². The van der Waals surface area contributed by atoms with Crippen LogP contribution in [-0.4, -0.2) is 34.2 Å². The molecule has 6 heteroatoms. The third kappa shape index (κ3) is 2.26. The SMILES string of the molecule is CC1CCC(C(N)=O)CN1c1nc2ccccn2c1C=O. The normalized spacial score (nSPS) is 22.4. The molecule has 2 aromatic heterocycles. The van der Waals surface area contributed by atoms with Gasteiger partial charge in [-0.3, -0.25) is 14.0 Å². The molecule has 3 rings (SSSR count). The quantitative estimate of drug-likeness (QED) is 0.861. The van der Waals surface area contributed by atoms with E-state index in [0.717, 1.165) is 24.8 Å². The summed E-state index contributed by atoms with van der Waals surface area (Å²) in [4.78, 5) is 29.5. The maximum atomic E-state index is 11.5. The number of amides is 1. The Morgan fingerprint density at radius 2 is 2.24 bits per heavy atom. The molecule has 0 aromatic carbocycles. The van der Waals surface area contributed by atoms with Gasteiger partial charge in [-0.15, -0.1) is 0 Å². The highest BCUT2D eigenvalue weighted by Gasteiger charge is 2.31. The van der Waals surface area contributed by atoms with E-state index in [0.29, 0.717) is 18.1 Å². The van der Waals surface area contributed by atoms with Crippen LogP contribution in [0.1, 0.15) is 30.3 Å². The van der Waals surface area contributed by atoms with E-state index in [2.05, 4.69) is 11.9 Å². The van der Waals surface area contributed by atoms with Crippen LogP contribution in [0.5, 0.6) is 0 Å². The average Bonchev–Trinajstić information content (AvgIpc) is 2.85. The Morgan fingerprint density at radius 1 is 1.43 bits per heavy atom. The van der Waals surface area contributed by atoms with Crippen LogP contribution in [0.15, 0.2) is 24.4 Å². The first kappa shape index (κ1) is 13.6. The second-order valence-corrected chi connectivity index (χ2v) is 5.55. The van der Waals surface area contributed by atoms with Gasteiger partial charge in [-0.25, -0.2) is 4.98 Å². The number of nitrogens with zero attached hydrogens (tertiary/aromatic N) is 3. The van der Waals surface area contributed by atoms with Gasteiger partial charge in [0.1, 0.15) is 11.3 Å². The van der Waals surface area contributed by atoms with Gasteiger partial charge in [-0.1, -0.05) is 6.07 Å². The maximum Gasteiger partial charge on any atom is 0.222 e. The Bertz CT molecular complexity index is 694. The lowest BCUT2D eigenvalue weighted by molar-refractivity contribution is -0.122. The van der Waals surface area contributed by atoms with E-state index in [4.69, 9.17) is 5.73 Å². The third-order valence-corrected chi connectivity index (χ3v) is 4.22. The third-order valence-electron chi connectivity index (χ3n) is 4.22. The second-order valence-electron chi connectivity index (χ2n) is 5.55. The Hall–Kier alpha value is -2.37. The summed E-state index contributed by atoms with van der Waals surface area (Å²) in [7, 11) is 0. The number of pyridine rings is 1. The van der Waals surface area contributed by atoms with E-state index in [1.807, 2.05) is 29.3 Å². The number of aldehydes is 1. The lowest BCUT2D eigenvalue weighted by Crippen LogP contribution is -2.46. The first-order valence-corrected chi connectivity index (χ1v) is 7.10. The highest BCUT2D eigenvalue weighted by atomic mass is 16.1. The Labute approximate surface area is 122 Å². The van der Waals surface area contributed by atoms with Gasteiger partial charge < -0.3 is 10.6 Å². The molecule has 2 N–H and O–H groups in total. The van der Waals surface area contributed by atoms with E-state index in [-0.39, 0.29) is 17.9 Å². The van der Waals surface area contributed by atoms with Crippen molar-refractivity contribution < 1.29 is 9.59 Å². The van der Waals surface area contributed by atoms with Crippen LogP contribution in [0.25, 0.3) is 5.65 Å². The fourth-order valence-electron chi connectivity index (χ4n) is 2.96. The molecule has 0 aliphatic carbocycles. The van der Waals surface area contributed by atoms with E-state index >= 15 is 0 Å². The summed E-state index contributed by atoms with van der Waals surface area (Å²) in [5.41, 5.74) is 6.68. The van der Waals surface area contributed by atoms with Crippen LogP contribution in [0.2, 0.25) is 0 Å². The number of hydrogen-bond donors (Lipinski definition) is 1. The fourth-order valence-corrected chi connectivity index (χ4v) is 2.96. The highest BCUT2D eigenvalue weighted by molar-refractivity contribution is 5.84. The molecule has 2 unspecified atom stereocenters. The van der Waals surface area contributed by atoms with Crippen LogP contribution in [0.4, 0.5) is 5.82 Å².